The predicted octanol–water partition coefficient (Wildman–Crippen LogP) is -0.456. The molecule has 3 amide bonds. The third-order valence-corrected chi connectivity index (χ3v) is 5.05. The Labute approximate surface area is 127 Å². The number of thioether (sulfide) groups is 1. The highest BCUT2D eigenvalue weighted by Crippen LogP contribution is 2.45. The zero-order chi connectivity index (χ0) is 15.5. The van der Waals surface area contributed by atoms with Crippen molar-refractivity contribution in [2.24, 2.45) is 0 Å². The Morgan fingerprint density at radius 1 is 1.14 bits per heavy atom. The van der Waals surface area contributed by atoms with Crippen LogP contribution in [0.5, 0.6) is 0 Å². The first-order valence-electron chi connectivity index (χ1n) is 6.35. The second kappa shape index (κ2) is 4.17. The van der Waals surface area contributed by atoms with Crippen LogP contribution in [-0.4, -0.2) is 39.8 Å². The number of pyridine rings is 1. The summed E-state index contributed by atoms with van der Waals surface area (Å²) in [5.41, 5.74) is 3.05. The monoisotopic (exact) mass is 316 g/mol. The number of carbonyl (C=O) groups excluding carboxylic acids is 4. The van der Waals surface area contributed by atoms with Gasteiger partial charge in [-0.2, -0.15) is 0 Å². The van der Waals surface area contributed by atoms with E-state index in [2.05, 4.69) is 21.2 Å². The Morgan fingerprint density at radius 2 is 1.95 bits per heavy atom. The van der Waals surface area contributed by atoms with Crippen LogP contribution in [-0.2, 0) is 4.79 Å². The van der Waals surface area contributed by atoms with Crippen molar-refractivity contribution in [2.75, 3.05) is 5.75 Å². The Kier molecular flexibility index (Phi) is 2.46. The number of nitrogens with one attached hydrogen (secondary N) is 3. The van der Waals surface area contributed by atoms with E-state index < -0.39 is 23.3 Å². The van der Waals surface area contributed by atoms with E-state index in [1.807, 2.05) is 0 Å². The maximum Gasteiger partial charge on any atom is 0.334 e. The first-order valence-corrected chi connectivity index (χ1v) is 7.34. The van der Waals surface area contributed by atoms with E-state index in [0.717, 1.165) is 11.8 Å². The summed E-state index contributed by atoms with van der Waals surface area (Å²) in [4.78, 5) is 53.3. The molecule has 1 saturated heterocycles. The van der Waals surface area contributed by atoms with Gasteiger partial charge in [0.25, 0.3) is 5.91 Å². The number of ketones is 2. The van der Waals surface area contributed by atoms with Gasteiger partial charge in [0.05, 0.1) is 16.0 Å². The van der Waals surface area contributed by atoms with Crippen molar-refractivity contribution in [3.05, 3.63) is 40.1 Å². The number of nitrogens with zero attached hydrogens (tertiary/aromatic N) is 1. The third kappa shape index (κ3) is 1.45. The molecule has 1 fully saturated rings. The summed E-state index contributed by atoms with van der Waals surface area (Å²) in [7, 11) is 0. The van der Waals surface area contributed by atoms with Crippen LogP contribution in [0.1, 0.15) is 20.8 Å². The molecule has 3 heterocycles. The van der Waals surface area contributed by atoms with Gasteiger partial charge in [0.1, 0.15) is 5.69 Å². The van der Waals surface area contributed by atoms with Crippen LogP contribution in [0.4, 0.5) is 4.79 Å². The fourth-order valence-corrected chi connectivity index (χ4v) is 4.15. The molecule has 0 saturated carbocycles. The normalized spacial score (nSPS) is 26.4. The second-order valence-corrected chi connectivity index (χ2v) is 5.97. The van der Waals surface area contributed by atoms with Crippen molar-refractivity contribution >= 4 is 35.3 Å². The Bertz CT molecular complexity index is 818. The molecule has 22 heavy (non-hydrogen) atoms. The molecule has 0 aromatic carbocycles. The molecule has 9 heteroatoms. The van der Waals surface area contributed by atoms with Crippen molar-refractivity contribution in [1.82, 2.24) is 21.2 Å². The molecule has 1 aromatic rings. The lowest BCUT2D eigenvalue weighted by Gasteiger charge is -2.35. The first-order chi connectivity index (χ1) is 10.5. The molecule has 3 aliphatic rings. The van der Waals surface area contributed by atoms with Gasteiger partial charge in [0.2, 0.25) is 11.6 Å². The highest BCUT2D eigenvalue weighted by molar-refractivity contribution is 8.04. The quantitative estimate of drug-likeness (QED) is 0.596. The molecule has 0 bridgehead atoms. The number of Topliss-reactive ketones (excluding diaryl/α,β-unsaturated/α-hetero) is 2. The van der Waals surface area contributed by atoms with Gasteiger partial charge < -0.3 is 5.32 Å². The number of hydrazine groups is 1. The van der Waals surface area contributed by atoms with Crippen molar-refractivity contribution < 1.29 is 19.2 Å². The highest BCUT2D eigenvalue weighted by atomic mass is 32.2. The SMILES string of the molecule is O=C1NNC(=O)[C@]2(CSC3=C2C(=O)c2ncccc2C3=O)N1. The Morgan fingerprint density at radius 3 is 2.77 bits per heavy atom. The lowest BCUT2D eigenvalue weighted by molar-refractivity contribution is -0.126. The van der Waals surface area contributed by atoms with Crippen LogP contribution in [0.2, 0.25) is 0 Å². The van der Waals surface area contributed by atoms with E-state index >= 15 is 0 Å². The number of amides is 3. The van der Waals surface area contributed by atoms with Gasteiger partial charge >= 0.3 is 6.03 Å². The van der Waals surface area contributed by atoms with Crippen molar-refractivity contribution in [3.8, 4) is 0 Å². The first kappa shape index (κ1) is 13.0. The van der Waals surface area contributed by atoms with E-state index in [-0.39, 0.29) is 33.3 Å². The molecule has 1 atom stereocenters. The fraction of sp³-hybridized carbons (Fsp3) is 0.154. The Hall–Kier alpha value is -2.68. The van der Waals surface area contributed by atoms with E-state index in [1.54, 1.807) is 6.07 Å². The standard InChI is InChI=1S/C13H8N4O4S/c18-8-5-2-1-3-14-7(5)9(19)6-10(8)22-4-13(6)11(20)16-17-12(21)15-13/h1-3H,4H2,(H,16,20)(H2,15,17,21)/t13-/m1/s1. The van der Waals surface area contributed by atoms with Gasteiger partial charge in [-0.15, -0.1) is 11.8 Å². The van der Waals surface area contributed by atoms with Gasteiger partial charge in [-0.05, 0) is 12.1 Å². The van der Waals surface area contributed by atoms with E-state index in [0.29, 0.717) is 0 Å². The van der Waals surface area contributed by atoms with Gasteiger partial charge in [0.15, 0.2) is 5.54 Å². The number of hydrogen-bond acceptors (Lipinski definition) is 6. The lowest BCUT2D eigenvalue weighted by atomic mass is 9.81. The Balaban J connectivity index is 1.93. The number of urea groups is 1. The molecule has 1 aliphatic carbocycles. The van der Waals surface area contributed by atoms with E-state index in [4.69, 9.17) is 0 Å². The van der Waals surface area contributed by atoms with Crippen LogP contribution >= 0.6 is 11.8 Å². The molecule has 0 unspecified atom stereocenters. The second-order valence-electron chi connectivity index (χ2n) is 4.99. The average molecular weight is 316 g/mol. The topological polar surface area (TPSA) is 117 Å². The van der Waals surface area contributed by atoms with Gasteiger partial charge in [-0.3, -0.25) is 24.8 Å². The molecule has 1 spiro atoms. The molecule has 1 aromatic heterocycles. The summed E-state index contributed by atoms with van der Waals surface area (Å²) in [5, 5.41) is 2.48. The number of rotatable bonds is 0. The molecule has 8 nitrogen and oxygen atoms in total. The number of hydrogen-bond donors (Lipinski definition) is 3. The summed E-state index contributed by atoms with van der Waals surface area (Å²) < 4.78 is 0. The summed E-state index contributed by atoms with van der Waals surface area (Å²) >= 11 is 1.09. The van der Waals surface area contributed by atoms with Gasteiger partial charge in [-0.1, -0.05) is 0 Å². The van der Waals surface area contributed by atoms with Crippen LogP contribution in [0.25, 0.3) is 0 Å². The minimum atomic E-state index is -1.54. The third-order valence-electron chi connectivity index (χ3n) is 3.79. The molecule has 3 N–H and O–H groups in total. The van der Waals surface area contributed by atoms with E-state index in [1.165, 1.54) is 12.3 Å². The van der Waals surface area contributed by atoms with Crippen LogP contribution < -0.4 is 16.2 Å². The largest absolute Gasteiger partial charge is 0.334 e. The molecule has 0 radical (unpaired) electrons. The molecule has 4 rings (SSSR count). The summed E-state index contributed by atoms with van der Waals surface area (Å²) in [6.07, 6.45) is 1.41. The van der Waals surface area contributed by atoms with Crippen molar-refractivity contribution in [3.63, 3.8) is 0 Å². The minimum Gasteiger partial charge on any atom is -0.317 e. The van der Waals surface area contributed by atoms with E-state index in [9.17, 15) is 19.2 Å². The predicted molar refractivity (Wildman–Crippen MR) is 74.9 cm³/mol. The molecule has 110 valence electrons. The fourth-order valence-electron chi connectivity index (χ4n) is 2.78. The summed E-state index contributed by atoms with van der Waals surface area (Å²) in [6.45, 7) is 0. The zero-order valence-electron chi connectivity index (χ0n) is 10.9. The molecule has 2 aliphatic heterocycles. The maximum absolute atomic E-state index is 12.7. The summed E-state index contributed by atoms with van der Waals surface area (Å²) in [6, 6.07) is 2.46. The highest BCUT2D eigenvalue weighted by Gasteiger charge is 2.57. The maximum atomic E-state index is 12.7. The van der Waals surface area contributed by atoms with Crippen LogP contribution in [0, 0.1) is 0 Å². The number of carbonyl (C=O) groups is 4. The van der Waals surface area contributed by atoms with Crippen molar-refractivity contribution in [2.45, 2.75) is 5.54 Å². The van der Waals surface area contributed by atoms with Gasteiger partial charge in [-0.25, -0.2) is 10.2 Å². The molecular weight excluding hydrogens is 308 g/mol. The number of allylic oxidation sites excluding steroid dienone is 1. The average Bonchev–Trinajstić information content (AvgIpc) is 2.89. The molecular formula is C13H8N4O4S. The summed E-state index contributed by atoms with van der Waals surface area (Å²) in [5.74, 6) is -1.35. The zero-order valence-corrected chi connectivity index (χ0v) is 11.7. The lowest BCUT2D eigenvalue weighted by Crippen LogP contribution is -2.71. The smallest absolute Gasteiger partial charge is 0.317 e. The van der Waals surface area contributed by atoms with Crippen LogP contribution in [0.3, 0.4) is 0 Å². The van der Waals surface area contributed by atoms with Crippen LogP contribution in [0.15, 0.2) is 28.8 Å². The van der Waals surface area contributed by atoms with Gasteiger partial charge in [0, 0.05) is 11.9 Å². The number of fused-ring (bicyclic) bond motifs is 2. The number of aromatic nitrogens is 1. The van der Waals surface area contributed by atoms with Crippen molar-refractivity contribution in [1.29, 1.82) is 0 Å². The minimum absolute atomic E-state index is 0.000972.